The summed E-state index contributed by atoms with van der Waals surface area (Å²) in [5.74, 6) is -0.269. The SMILES string of the molecule is CC(C)c1ccc(N2C(=O)NC(=O)C(=Cc3cc4c(cc3Cl)OCO4)C2=O)cc1. The van der Waals surface area contributed by atoms with Crippen molar-refractivity contribution < 1.29 is 23.9 Å². The minimum atomic E-state index is -0.800. The number of barbiturate groups is 1. The van der Waals surface area contributed by atoms with Crippen LogP contribution in [0.3, 0.4) is 0 Å². The first kappa shape index (κ1) is 19.0. The highest BCUT2D eigenvalue weighted by Crippen LogP contribution is 2.38. The third-order valence-electron chi connectivity index (χ3n) is 4.71. The molecule has 0 unspecified atom stereocenters. The fourth-order valence-electron chi connectivity index (χ4n) is 3.10. The van der Waals surface area contributed by atoms with Crippen molar-refractivity contribution in [2.75, 3.05) is 11.7 Å². The van der Waals surface area contributed by atoms with Gasteiger partial charge in [0.05, 0.1) is 10.7 Å². The number of hydrogen-bond donors (Lipinski definition) is 1. The number of anilines is 1. The number of urea groups is 1. The second kappa shape index (κ2) is 7.25. The standard InChI is InChI=1S/C21H17ClN2O5/c1-11(2)12-3-5-14(6-4-12)24-20(26)15(19(25)23-21(24)27)7-13-8-17-18(9-16(13)22)29-10-28-17/h3-9,11H,10H2,1-2H3,(H,23,25,27). The molecule has 0 saturated carbocycles. The molecule has 0 aromatic heterocycles. The molecule has 1 saturated heterocycles. The molecule has 8 heteroatoms. The monoisotopic (exact) mass is 412 g/mol. The van der Waals surface area contributed by atoms with Crippen molar-refractivity contribution >= 4 is 41.2 Å². The topological polar surface area (TPSA) is 84.9 Å². The Labute approximate surface area is 171 Å². The third kappa shape index (κ3) is 3.45. The number of ether oxygens (including phenoxy) is 2. The van der Waals surface area contributed by atoms with Gasteiger partial charge < -0.3 is 9.47 Å². The fourth-order valence-corrected chi connectivity index (χ4v) is 3.31. The van der Waals surface area contributed by atoms with E-state index >= 15 is 0 Å². The zero-order valence-corrected chi connectivity index (χ0v) is 16.4. The summed E-state index contributed by atoms with van der Waals surface area (Å²) >= 11 is 6.25. The van der Waals surface area contributed by atoms with E-state index in [9.17, 15) is 14.4 Å². The van der Waals surface area contributed by atoms with Crippen LogP contribution in [0.1, 0.15) is 30.9 Å². The van der Waals surface area contributed by atoms with Gasteiger partial charge in [0.25, 0.3) is 11.8 Å². The van der Waals surface area contributed by atoms with Crippen molar-refractivity contribution in [3.63, 3.8) is 0 Å². The number of carbonyl (C=O) groups is 3. The first-order chi connectivity index (χ1) is 13.8. The largest absolute Gasteiger partial charge is 0.454 e. The van der Waals surface area contributed by atoms with Gasteiger partial charge in [0.2, 0.25) is 6.79 Å². The van der Waals surface area contributed by atoms with Crippen molar-refractivity contribution in [2.45, 2.75) is 19.8 Å². The number of hydrogen-bond acceptors (Lipinski definition) is 5. The lowest BCUT2D eigenvalue weighted by Gasteiger charge is -2.26. The maximum absolute atomic E-state index is 13.0. The highest BCUT2D eigenvalue weighted by Gasteiger charge is 2.37. The van der Waals surface area contributed by atoms with Crippen LogP contribution in [0.25, 0.3) is 6.08 Å². The van der Waals surface area contributed by atoms with E-state index in [4.69, 9.17) is 21.1 Å². The van der Waals surface area contributed by atoms with Crippen LogP contribution in [0, 0.1) is 0 Å². The molecule has 1 fully saturated rings. The van der Waals surface area contributed by atoms with E-state index in [1.54, 1.807) is 24.3 Å². The number of fused-ring (bicyclic) bond motifs is 1. The van der Waals surface area contributed by atoms with Gasteiger partial charge in [0, 0.05) is 6.07 Å². The number of carbonyl (C=O) groups excluding carboxylic acids is 3. The summed E-state index contributed by atoms with van der Waals surface area (Å²) in [5, 5.41) is 2.48. The number of amides is 4. The van der Waals surface area contributed by atoms with Crippen molar-refractivity contribution in [3.05, 3.63) is 58.1 Å². The van der Waals surface area contributed by atoms with Gasteiger partial charge in [-0.3, -0.25) is 14.9 Å². The van der Waals surface area contributed by atoms with Gasteiger partial charge >= 0.3 is 6.03 Å². The summed E-state index contributed by atoms with van der Waals surface area (Å²) in [6.07, 6.45) is 1.34. The van der Waals surface area contributed by atoms with Crippen LogP contribution in [-0.2, 0) is 9.59 Å². The maximum atomic E-state index is 13.0. The van der Waals surface area contributed by atoms with Crippen molar-refractivity contribution in [1.29, 1.82) is 0 Å². The predicted octanol–water partition coefficient (Wildman–Crippen LogP) is 3.86. The highest BCUT2D eigenvalue weighted by molar-refractivity contribution is 6.40. The lowest BCUT2D eigenvalue weighted by Crippen LogP contribution is -2.54. The fraction of sp³-hybridized carbons (Fsp3) is 0.190. The molecule has 4 rings (SSSR count). The Morgan fingerprint density at radius 3 is 2.38 bits per heavy atom. The average Bonchev–Trinajstić information content (AvgIpc) is 3.12. The maximum Gasteiger partial charge on any atom is 0.335 e. The second-order valence-corrected chi connectivity index (χ2v) is 7.34. The summed E-state index contributed by atoms with van der Waals surface area (Å²) in [5.41, 5.74) is 1.63. The molecule has 0 radical (unpaired) electrons. The lowest BCUT2D eigenvalue weighted by atomic mass is 10.0. The quantitative estimate of drug-likeness (QED) is 0.611. The molecular weight excluding hydrogens is 396 g/mol. The molecule has 2 aliphatic heterocycles. The van der Waals surface area contributed by atoms with E-state index in [0.717, 1.165) is 10.5 Å². The Morgan fingerprint density at radius 1 is 1.07 bits per heavy atom. The molecule has 2 heterocycles. The Kier molecular flexibility index (Phi) is 4.76. The number of halogens is 1. The molecule has 0 bridgehead atoms. The molecule has 0 atom stereocenters. The molecule has 4 amide bonds. The van der Waals surface area contributed by atoms with Crippen molar-refractivity contribution in [2.24, 2.45) is 0 Å². The number of nitrogens with zero attached hydrogens (tertiary/aromatic N) is 1. The summed E-state index contributed by atoms with van der Waals surface area (Å²) in [6.45, 7) is 4.16. The molecule has 29 heavy (non-hydrogen) atoms. The van der Waals surface area contributed by atoms with Gasteiger partial charge in [0.1, 0.15) is 5.57 Å². The number of nitrogens with one attached hydrogen (secondary N) is 1. The molecule has 2 aromatic carbocycles. The Bertz CT molecular complexity index is 1060. The van der Waals surface area contributed by atoms with Crippen LogP contribution >= 0.6 is 11.6 Å². The zero-order chi connectivity index (χ0) is 20.7. The number of rotatable bonds is 3. The van der Waals surface area contributed by atoms with Gasteiger partial charge in [-0.2, -0.15) is 0 Å². The van der Waals surface area contributed by atoms with E-state index in [2.05, 4.69) is 5.32 Å². The van der Waals surface area contributed by atoms with Crippen LogP contribution in [-0.4, -0.2) is 24.6 Å². The van der Waals surface area contributed by atoms with E-state index in [1.807, 2.05) is 26.0 Å². The van der Waals surface area contributed by atoms with Gasteiger partial charge in [-0.25, -0.2) is 9.69 Å². The Hall–Kier alpha value is -3.32. The van der Waals surface area contributed by atoms with Gasteiger partial charge in [0.15, 0.2) is 11.5 Å². The lowest BCUT2D eigenvalue weighted by molar-refractivity contribution is -0.122. The summed E-state index contributed by atoms with van der Waals surface area (Å²) in [4.78, 5) is 38.6. The van der Waals surface area contributed by atoms with Crippen molar-refractivity contribution in [3.8, 4) is 11.5 Å². The molecule has 1 N–H and O–H groups in total. The zero-order valence-electron chi connectivity index (χ0n) is 15.7. The van der Waals surface area contributed by atoms with E-state index in [0.29, 0.717) is 28.7 Å². The predicted molar refractivity (Wildman–Crippen MR) is 107 cm³/mol. The normalized spacial score (nSPS) is 17.3. The molecule has 7 nitrogen and oxygen atoms in total. The first-order valence-electron chi connectivity index (χ1n) is 8.95. The molecule has 2 aromatic rings. The minimum absolute atomic E-state index is 0.0692. The summed E-state index contributed by atoms with van der Waals surface area (Å²) in [6, 6.07) is 9.36. The van der Waals surface area contributed by atoms with E-state index < -0.39 is 17.8 Å². The molecule has 148 valence electrons. The molecular formula is C21H17ClN2O5. The minimum Gasteiger partial charge on any atom is -0.454 e. The van der Waals surface area contributed by atoms with Crippen LogP contribution in [0.15, 0.2) is 42.0 Å². The van der Waals surface area contributed by atoms with Gasteiger partial charge in [-0.15, -0.1) is 0 Å². The van der Waals surface area contributed by atoms with Gasteiger partial charge in [-0.05, 0) is 41.3 Å². The highest BCUT2D eigenvalue weighted by atomic mass is 35.5. The number of benzene rings is 2. The average molecular weight is 413 g/mol. The molecule has 0 spiro atoms. The van der Waals surface area contributed by atoms with Crippen molar-refractivity contribution in [1.82, 2.24) is 5.32 Å². The van der Waals surface area contributed by atoms with Crippen LogP contribution < -0.4 is 19.7 Å². The smallest absolute Gasteiger partial charge is 0.335 e. The molecule has 0 aliphatic carbocycles. The first-order valence-corrected chi connectivity index (χ1v) is 9.33. The van der Waals surface area contributed by atoms with Gasteiger partial charge in [-0.1, -0.05) is 37.6 Å². The third-order valence-corrected chi connectivity index (χ3v) is 5.04. The molecule has 2 aliphatic rings. The summed E-state index contributed by atoms with van der Waals surface area (Å²) in [7, 11) is 0. The van der Waals surface area contributed by atoms with Crippen LogP contribution in [0.2, 0.25) is 5.02 Å². The number of imide groups is 2. The summed E-state index contributed by atoms with van der Waals surface area (Å²) < 4.78 is 10.6. The Balaban J connectivity index is 1.71. The van der Waals surface area contributed by atoms with Crippen LogP contribution in [0.5, 0.6) is 11.5 Å². The second-order valence-electron chi connectivity index (χ2n) is 6.93. The van der Waals surface area contributed by atoms with E-state index in [-0.39, 0.29) is 17.4 Å². The Morgan fingerprint density at radius 2 is 1.72 bits per heavy atom. The van der Waals surface area contributed by atoms with E-state index in [1.165, 1.54) is 6.08 Å². The van der Waals surface area contributed by atoms with Crippen LogP contribution in [0.4, 0.5) is 10.5 Å².